The van der Waals surface area contributed by atoms with E-state index in [0.717, 1.165) is 30.4 Å². The molecule has 2 heterocycles. The zero-order valence-electron chi connectivity index (χ0n) is 16.2. The van der Waals surface area contributed by atoms with E-state index in [9.17, 15) is 0 Å². The first-order chi connectivity index (χ1) is 12.1. The van der Waals surface area contributed by atoms with E-state index in [0.29, 0.717) is 12.0 Å². The fraction of sp³-hybridized carbons (Fsp3) is 0.810. The Morgan fingerprint density at radius 3 is 2.32 bits per heavy atom. The quantitative estimate of drug-likeness (QED) is 0.823. The lowest BCUT2D eigenvalue weighted by Gasteiger charge is -2.57. The third-order valence-corrected chi connectivity index (χ3v) is 6.94. The molecule has 2 aliphatic carbocycles. The van der Waals surface area contributed by atoms with E-state index >= 15 is 0 Å². The Labute approximate surface area is 153 Å². The van der Waals surface area contributed by atoms with Gasteiger partial charge >= 0.3 is 0 Å². The minimum atomic E-state index is 0.399. The van der Waals surface area contributed by atoms with Gasteiger partial charge in [-0.25, -0.2) is 9.97 Å². The van der Waals surface area contributed by atoms with Crippen molar-refractivity contribution in [3.63, 3.8) is 0 Å². The highest BCUT2D eigenvalue weighted by Gasteiger charge is 2.47. The van der Waals surface area contributed by atoms with Gasteiger partial charge < -0.3 is 4.90 Å². The summed E-state index contributed by atoms with van der Waals surface area (Å²) in [7, 11) is 0. The summed E-state index contributed by atoms with van der Waals surface area (Å²) in [5.74, 6) is 1.35. The summed E-state index contributed by atoms with van der Waals surface area (Å²) >= 11 is 0. The standard InChI is InChI=1S/C21H34N4/c1-16(2)20-22-13-19(14-23-20)24-9-10-25(17(3)15-24)18-11-21(12-18)7-5-4-6-8-21/h13-14,16-18H,4-12,15H2,1-3H3/t17-/m1/s1. The van der Waals surface area contributed by atoms with E-state index in [1.54, 1.807) is 0 Å². The molecule has 0 aromatic carbocycles. The molecule has 1 aromatic rings. The lowest BCUT2D eigenvalue weighted by molar-refractivity contribution is -0.0427. The van der Waals surface area contributed by atoms with E-state index < -0.39 is 0 Å². The van der Waals surface area contributed by atoms with Crippen LogP contribution in [0.2, 0.25) is 0 Å². The Bertz CT molecular complexity index is 568. The molecular weight excluding hydrogens is 308 g/mol. The molecule has 1 aliphatic heterocycles. The second kappa shape index (κ2) is 6.86. The van der Waals surface area contributed by atoms with E-state index in [-0.39, 0.29) is 0 Å². The topological polar surface area (TPSA) is 32.3 Å². The first-order valence-electron chi connectivity index (χ1n) is 10.4. The maximum Gasteiger partial charge on any atom is 0.130 e. The van der Waals surface area contributed by atoms with Crippen LogP contribution in [0, 0.1) is 5.41 Å². The van der Waals surface area contributed by atoms with Gasteiger partial charge in [0.1, 0.15) is 5.82 Å². The predicted octanol–water partition coefficient (Wildman–Crippen LogP) is 4.22. The first kappa shape index (κ1) is 17.3. The van der Waals surface area contributed by atoms with E-state index in [4.69, 9.17) is 0 Å². The van der Waals surface area contributed by atoms with Crippen LogP contribution < -0.4 is 4.90 Å². The van der Waals surface area contributed by atoms with Crippen molar-refractivity contribution >= 4 is 5.69 Å². The van der Waals surface area contributed by atoms with Crippen molar-refractivity contribution in [1.29, 1.82) is 0 Å². The molecule has 0 radical (unpaired) electrons. The van der Waals surface area contributed by atoms with Crippen LogP contribution >= 0.6 is 0 Å². The van der Waals surface area contributed by atoms with Crippen LogP contribution in [-0.2, 0) is 0 Å². The maximum absolute atomic E-state index is 4.55. The Hall–Kier alpha value is -1.16. The van der Waals surface area contributed by atoms with Gasteiger partial charge in [-0.2, -0.15) is 0 Å². The molecule has 1 atom stereocenters. The second-order valence-corrected chi connectivity index (χ2v) is 9.11. The minimum absolute atomic E-state index is 0.399. The van der Waals surface area contributed by atoms with Crippen molar-refractivity contribution in [3.8, 4) is 0 Å². The summed E-state index contributed by atoms with van der Waals surface area (Å²) in [5.41, 5.74) is 1.92. The molecule has 138 valence electrons. The maximum atomic E-state index is 4.55. The van der Waals surface area contributed by atoms with Crippen LogP contribution in [-0.4, -0.2) is 46.6 Å². The highest BCUT2D eigenvalue weighted by molar-refractivity contribution is 5.43. The van der Waals surface area contributed by atoms with Gasteiger partial charge in [0.15, 0.2) is 0 Å². The van der Waals surface area contributed by atoms with Crippen LogP contribution in [0.15, 0.2) is 12.4 Å². The Morgan fingerprint density at radius 2 is 1.72 bits per heavy atom. The number of aromatic nitrogens is 2. The van der Waals surface area contributed by atoms with E-state index in [1.165, 1.54) is 57.2 Å². The predicted molar refractivity (Wildman–Crippen MR) is 103 cm³/mol. The molecular formula is C21H34N4. The van der Waals surface area contributed by atoms with Gasteiger partial charge in [0.2, 0.25) is 0 Å². The molecule has 3 fully saturated rings. The Kier molecular flexibility index (Phi) is 4.74. The largest absolute Gasteiger partial charge is 0.366 e. The highest BCUT2D eigenvalue weighted by atomic mass is 15.3. The normalized spacial score (nSPS) is 27.7. The summed E-state index contributed by atoms with van der Waals surface area (Å²) < 4.78 is 0. The smallest absolute Gasteiger partial charge is 0.130 e. The highest BCUT2D eigenvalue weighted by Crippen LogP contribution is 2.53. The summed E-state index contributed by atoms with van der Waals surface area (Å²) in [4.78, 5) is 14.4. The van der Waals surface area contributed by atoms with Crippen molar-refractivity contribution in [2.24, 2.45) is 5.41 Å². The van der Waals surface area contributed by atoms with Crippen LogP contribution in [0.1, 0.15) is 77.5 Å². The summed E-state index contributed by atoms with van der Waals surface area (Å²) in [6, 6.07) is 1.47. The van der Waals surface area contributed by atoms with Gasteiger partial charge in [-0.3, -0.25) is 4.90 Å². The first-order valence-corrected chi connectivity index (χ1v) is 10.4. The SMILES string of the molecule is CC(C)c1ncc(N2CCN(C3CC4(CCCCC4)C3)[C@H](C)C2)cn1. The molecule has 0 unspecified atom stereocenters. The lowest BCUT2D eigenvalue weighted by Crippen LogP contribution is -2.61. The van der Waals surface area contributed by atoms with Gasteiger partial charge in [-0.1, -0.05) is 33.1 Å². The summed E-state index contributed by atoms with van der Waals surface area (Å²) in [5, 5.41) is 0. The molecule has 1 saturated heterocycles. The van der Waals surface area contributed by atoms with Crippen LogP contribution in [0.25, 0.3) is 0 Å². The van der Waals surface area contributed by atoms with Crippen molar-refractivity contribution in [3.05, 3.63) is 18.2 Å². The Balaban J connectivity index is 1.33. The van der Waals surface area contributed by atoms with Crippen molar-refractivity contribution in [2.75, 3.05) is 24.5 Å². The third kappa shape index (κ3) is 3.42. The zero-order chi connectivity index (χ0) is 17.4. The second-order valence-electron chi connectivity index (χ2n) is 9.11. The minimum Gasteiger partial charge on any atom is -0.366 e. The number of hydrogen-bond donors (Lipinski definition) is 0. The number of rotatable bonds is 3. The number of nitrogens with zero attached hydrogens (tertiary/aromatic N) is 4. The zero-order valence-corrected chi connectivity index (χ0v) is 16.2. The molecule has 4 rings (SSSR count). The van der Waals surface area contributed by atoms with Crippen molar-refractivity contribution in [1.82, 2.24) is 14.9 Å². The lowest BCUT2D eigenvalue weighted by atomic mass is 9.58. The number of piperazine rings is 1. The van der Waals surface area contributed by atoms with Gasteiger partial charge in [-0.15, -0.1) is 0 Å². The van der Waals surface area contributed by atoms with Crippen molar-refractivity contribution < 1.29 is 0 Å². The fourth-order valence-electron chi connectivity index (χ4n) is 5.43. The van der Waals surface area contributed by atoms with E-state index in [1.807, 2.05) is 12.4 Å². The summed E-state index contributed by atoms with van der Waals surface area (Å²) in [6.07, 6.45) is 14.4. The molecule has 0 amide bonds. The number of anilines is 1. The fourth-order valence-corrected chi connectivity index (χ4v) is 5.43. The Morgan fingerprint density at radius 1 is 1.04 bits per heavy atom. The van der Waals surface area contributed by atoms with Gasteiger partial charge in [0.25, 0.3) is 0 Å². The van der Waals surface area contributed by atoms with Crippen LogP contribution in [0.5, 0.6) is 0 Å². The van der Waals surface area contributed by atoms with Gasteiger partial charge in [0, 0.05) is 37.6 Å². The molecule has 3 aliphatic rings. The molecule has 4 nitrogen and oxygen atoms in total. The molecule has 2 saturated carbocycles. The average Bonchev–Trinajstić information content (AvgIpc) is 2.60. The monoisotopic (exact) mass is 342 g/mol. The third-order valence-electron chi connectivity index (χ3n) is 6.94. The number of hydrogen-bond acceptors (Lipinski definition) is 4. The van der Waals surface area contributed by atoms with Gasteiger partial charge in [-0.05, 0) is 38.0 Å². The van der Waals surface area contributed by atoms with Crippen LogP contribution in [0.4, 0.5) is 5.69 Å². The average molecular weight is 343 g/mol. The molecule has 4 heteroatoms. The summed E-state index contributed by atoms with van der Waals surface area (Å²) in [6.45, 7) is 10.1. The van der Waals surface area contributed by atoms with Crippen molar-refractivity contribution in [2.45, 2.75) is 83.7 Å². The molecule has 1 spiro atoms. The van der Waals surface area contributed by atoms with E-state index in [2.05, 4.69) is 40.5 Å². The molecule has 0 N–H and O–H groups in total. The molecule has 0 bridgehead atoms. The molecule has 1 aromatic heterocycles. The van der Waals surface area contributed by atoms with Gasteiger partial charge in [0.05, 0.1) is 18.1 Å². The molecule has 25 heavy (non-hydrogen) atoms. The van der Waals surface area contributed by atoms with Crippen LogP contribution in [0.3, 0.4) is 0 Å².